The maximum atomic E-state index is 12.4. The van der Waals surface area contributed by atoms with Gasteiger partial charge in [0.1, 0.15) is 12.1 Å². The smallest absolute Gasteiger partial charge is 0.435 e. The van der Waals surface area contributed by atoms with Gasteiger partial charge in [-0.1, -0.05) is 0 Å². The Hall–Kier alpha value is -2.51. The van der Waals surface area contributed by atoms with Gasteiger partial charge in [-0.15, -0.1) is 0 Å². The third kappa shape index (κ3) is 2.31. The fourth-order valence-electron chi connectivity index (χ4n) is 1.80. The zero-order chi connectivity index (χ0) is 14.3. The van der Waals surface area contributed by atoms with Crippen LogP contribution in [-0.2, 0) is 12.7 Å². The van der Waals surface area contributed by atoms with Crippen LogP contribution in [0.2, 0.25) is 0 Å². The van der Waals surface area contributed by atoms with E-state index in [2.05, 4.69) is 10.1 Å². The predicted octanol–water partition coefficient (Wildman–Crippen LogP) is 2.67. The molecule has 0 saturated heterocycles. The summed E-state index contributed by atoms with van der Waals surface area (Å²) in [5.41, 5.74) is 6.29. The number of anilines is 1. The monoisotopic (exact) mass is 282 g/mol. The molecule has 8 heteroatoms. The minimum atomic E-state index is -4.46. The van der Waals surface area contributed by atoms with Crippen molar-refractivity contribution in [1.82, 2.24) is 14.8 Å². The van der Waals surface area contributed by atoms with Crippen LogP contribution >= 0.6 is 0 Å². The second-order valence-corrected chi connectivity index (χ2v) is 4.23. The number of fused-ring (bicyclic) bond motifs is 1. The Bertz CT molecular complexity index is 759. The zero-order valence-corrected chi connectivity index (χ0v) is 10.1. The number of nitrogens with two attached hydrogens (primary N) is 1. The van der Waals surface area contributed by atoms with Crippen molar-refractivity contribution in [1.29, 1.82) is 0 Å². The summed E-state index contributed by atoms with van der Waals surface area (Å²) in [5.74, 6) is 0.266. The van der Waals surface area contributed by atoms with Crippen molar-refractivity contribution in [2.45, 2.75) is 12.7 Å². The van der Waals surface area contributed by atoms with Gasteiger partial charge in [0.25, 0.3) is 0 Å². The lowest BCUT2D eigenvalue weighted by molar-refractivity contribution is -0.141. The molecule has 0 bridgehead atoms. The molecule has 0 unspecified atom stereocenters. The molecule has 3 aromatic rings. The average Bonchev–Trinajstić information content (AvgIpc) is 2.94. The molecule has 0 atom stereocenters. The van der Waals surface area contributed by atoms with Crippen LogP contribution in [0, 0.1) is 0 Å². The number of oxazole rings is 1. The molecular formula is C12H9F3N4O. The Labute approximate surface area is 110 Å². The molecule has 5 nitrogen and oxygen atoms in total. The third-order valence-electron chi connectivity index (χ3n) is 2.68. The molecule has 0 aliphatic rings. The molecular weight excluding hydrogens is 273 g/mol. The molecule has 2 heterocycles. The predicted molar refractivity (Wildman–Crippen MR) is 64.8 cm³/mol. The van der Waals surface area contributed by atoms with Gasteiger partial charge in [0, 0.05) is 11.9 Å². The highest BCUT2D eigenvalue weighted by Gasteiger charge is 2.33. The maximum absolute atomic E-state index is 12.4. The van der Waals surface area contributed by atoms with Crippen LogP contribution < -0.4 is 5.73 Å². The molecule has 3 rings (SSSR count). The van der Waals surface area contributed by atoms with Gasteiger partial charge < -0.3 is 10.2 Å². The first-order valence-corrected chi connectivity index (χ1v) is 5.67. The lowest BCUT2D eigenvalue weighted by atomic mass is 10.3. The topological polar surface area (TPSA) is 69.9 Å². The van der Waals surface area contributed by atoms with Crippen molar-refractivity contribution in [3.8, 4) is 0 Å². The number of alkyl halides is 3. The lowest BCUT2D eigenvalue weighted by Crippen LogP contribution is -2.08. The number of nitrogen functional groups attached to an aromatic ring is 1. The second-order valence-electron chi connectivity index (χ2n) is 4.23. The van der Waals surface area contributed by atoms with Gasteiger partial charge in [0.15, 0.2) is 11.3 Å². The van der Waals surface area contributed by atoms with E-state index >= 15 is 0 Å². The number of aromatic nitrogens is 3. The first kappa shape index (κ1) is 12.5. The Morgan fingerprint density at radius 1 is 1.25 bits per heavy atom. The summed E-state index contributed by atoms with van der Waals surface area (Å²) in [6.07, 6.45) is -3.23. The van der Waals surface area contributed by atoms with Crippen LogP contribution in [0.3, 0.4) is 0 Å². The molecule has 0 amide bonds. The van der Waals surface area contributed by atoms with E-state index in [9.17, 15) is 13.2 Å². The summed E-state index contributed by atoms with van der Waals surface area (Å²) in [7, 11) is 0. The van der Waals surface area contributed by atoms with Gasteiger partial charge in [-0.2, -0.15) is 18.3 Å². The molecule has 20 heavy (non-hydrogen) atoms. The van der Waals surface area contributed by atoms with Crippen LogP contribution in [0.4, 0.5) is 18.9 Å². The molecule has 0 fully saturated rings. The SMILES string of the molecule is Nc1ccc2oc(Cn3ccc(C(F)(F)F)n3)nc2c1. The molecule has 1 aromatic carbocycles. The van der Waals surface area contributed by atoms with E-state index in [4.69, 9.17) is 10.2 Å². The molecule has 0 radical (unpaired) electrons. The van der Waals surface area contributed by atoms with E-state index < -0.39 is 11.9 Å². The fourth-order valence-corrected chi connectivity index (χ4v) is 1.80. The number of benzene rings is 1. The minimum absolute atomic E-state index is 0.0185. The van der Waals surface area contributed by atoms with Crippen LogP contribution in [0.1, 0.15) is 11.6 Å². The first-order chi connectivity index (χ1) is 9.41. The van der Waals surface area contributed by atoms with Crippen molar-refractivity contribution >= 4 is 16.8 Å². The van der Waals surface area contributed by atoms with E-state index in [-0.39, 0.29) is 12.4 Å². The highest BCUT2D eigenvalue weighted by Crippen LogP contribution is 2.27. The third-order valence-corrected chi connectivity index (χ3v) is 2.68. The summed E-state index contributed by atoms with van der Waals surface area (Å²) in [6.45, 7) is 0.0185. The van der Waals surface area contributed by atoms with Crippen LogP contribution in [0.5, 0.6) is 0 Å². The highest BCUT2D eigenvalue weighted by atomic mass is 19.4. The van der Waals surface area contributed by atoms with Crippen molar-refractivity contribution < 1.29 is 17.6 Å². The fraction of sp³-hybridized carbons (Fsp3) is 0.167. The number of halogens is 3. The number of nitrogens with zero attached hydrogens (tertiary/aromatic N) is 3. The van der Waals surface area contributed by atoms with Crippen LogP contribution in [-0.4, -0.2) is 14.8 Å². The highest BCUT2D eigenvalue weighted by molar-refractivity contribution is 5.76. The molecule has 0 aliphatic carbocycles. The van der Waals surface area contributed by atoms with E-state index in [1.165, 1.54) is 6.20 Å². The summed E-state index contributed by atoms with van der Waals surface area (Å²) in [4.78, 5) is 4.15. The van der Waals surface area contributed by atoms with Gasteiger partial charge in [-0.25, -0.2) is 4.98 Å². The largest absolute Gasteiger partial charge is 0.439 e. The summed E-state index contributed by atoms with van der Waals surface area (Å²) in [5, 5.41) is 3.43. The van der Waals surface area contributed by atoms with Gasteiger partial charge in [0.05, 0.1) is 0 Å². The van der Waals surface area contributed by atoms with Crippen molar-refractivity contribution in [3.05, 3.63) is 42.0 Å². The number of hydrogen-bond acceptors (Lipinski definition) is 4. The Balaban J connectivity index is 1.87. The summed E-state index contributed by atoms with van der Waals surface area (Å²) in [6, 6.07) is 5.85. The van der Waals surface area contributed by atoms with Gasteiger partial charge in [-0.05, 0) is 24.3 Å². The molecule has 0 saturated carbocycles. The second kappa shape index (κ2) is 4.26. The summed E-state index contributed by atoms with van der Waals surface area (Å²) < 4.78 is 43.8. The number of hydrogen-bond donors (Lipinski definition) is 1. The number of rotatable bonds is 2. The van der Waals surface area contributed by atoms with Crippen LogP contribution in [0.15, 0.2) is 34.9 Å². The Morgan fingerprint density at radius 2 is 2.05 bits per heavy atom. The van der Waals surface area contributed by atoms with Gasteiger partial charge in [-0.3, -0.25) is 4.68 Å². The maximum Gasteiger partial charge on any atom is 0.435 e. The Morgan fingerprint density at radius 3 is 2.75 bits per heavy atom. The minimum Gasteiger partial charge on any atom is -0.439 e. The molecule has 104 valence electrons. The van der Waals surface area contributed by atoms with Crippen molar-refractivity contribution in [3.63, 3.8) is 0 Å². The normalized spacial score (nSPS) is 12.2. The average molecular weight is 282 g/mol. The molecule has 0 aliphatic heterocycles. The molecule has 0 spiro atoms. The summed E-state index contributed by atoms with van der Waals surface area (Å²) >= 11 is 0. The van der Waals surface area contributed by atoms with Gasteiger partial charge in [0.2, 0.25) is 5.89 Å². The van der Waals surface area contributed by atoms with Crippen molar-refractivity contribution in [2.24, 2.45) is 0 Å². The lowest BCUT2D eigenvalue weighted by Gasteiger charge is -2.00. The quantitative estimate of drug-likeness (QED) is 0.734. The zero-order valence-electron chi connectivity index (χ0n) is 10.1. The van der Waals surface area contributed by atoms with Crippen LogP contribution in [0.25, 0.3) is 11.1 Å². The standard InChI is InChI=1S/C12H9F3N4O/c13-12(14,15)10-3-4-19(18-10)6-11-17-8-5-7(16)1-2-9(8)20-11/h1-5H,6,16H2. The van der Waals surface area contributed by atoms with Gasteiger partial charge >= 0.3 is 6.18 Å². The van der Waals surface area contributed by atoms with E-state index in [1.54, 1.807) is 18.2 Å². The first-order valence-electron chi connectivity index (χ1n) is 5.67. The van der Waals surface area contributed by atoms with Crippen molar-refractivity contribution in [2.75, 3.05) is 5.73 Å². The van der Waals surface area contributed by atoms with E-state index in [1.807, 2.05) is 0 Å². The molecule has 2 N–H and O–H groups in total. The Kier molecular flexibility index (Phi) is 2.66. The van der Waals surface area contributed by atoms with E-state index in [0.29, 0.717) is 16.8 Å². The van der Waals surface area contributed by atoms with E-state index in [0.717, 1.165) is 10.7 Å². The molecule has 2 aromatic heterocycles.